The zero-order valence-corrected chi connectivity index (χ0v) is 14.4. The third kappa shape index (κ3) is 4.48. The van der Waals surface area contributed by atoms with Gasteiger partial charge in [0.05, 0.1) is 0 Å². The van der Waals surface area contributed by atoms with E-state index in [-0.39, 0.29) is 12.2 Å². The summed E-state index contributed by atoms with van der Waals surface area (Å²) in [5, 5.41) is 17.9. The number of esters is 1. The van der Waals surface area contributed by atoms with E-state index in [4.69, 9.17) is 4.74 Å². The fourth-order valence-electron chi connectivity index (χ4n) is 2.03. The molecule has 0 unspecified atom stereocenters. The van der Waals surface area contributed by atoms with Gasteiger partial charge < -0.3 is 10.1 Å². The lowest BCUT2D eigenvalue weighted by Gasteiger charge is -2.13. The fourth-order valence-corrected chi connectivity index (χ4v) is 2.67. The van der Waals surface area contributed by atoms with E-state index < -0.39 is 23.8 Å². The third-order valence-corrected chi connectivity index (χ3v) is 3.96. The maximum atomic E-state index is 13.1. The molecule has 0 aliphatic heterocycles. The maximum absolute atomic E-state index is 13.1. The number of ether oxygens (including phenoxy) is 1. The van der Waals surface area contributed by atoms with E-state index in [0.717, 1.165) is 16.4 Å². The lowest BCUT2D eigenvalue weighted by atomic mass is 10.3. The van der Waals surface area contributed by atoms with Crippen LogP contribution in [0.1, 0.15) is 6.92 Å². The molecule has 8 nitrogen and oxygen atoms in total. The second kappa shape index (κ2) is 7.83. The number of hydrogen-bond donors (Lipinski definition) is 1. The Labute approximate surface area is 151 Å². The number of carbonyl (C=O) groups is 2. The number of tetrazole rings is 1. The van der Waals surface area contributed by atoms with Crippen LogP contribution in [-0.2, 0) is 20.9 Å². The zero-order chi connectivity index (χ0) is 18.5. The van der Waals surface area contributed by atoms with Crippen molar-refractivity contribution < 1.29 is 18.7 Å². The van der Waals surface area contributed by atoms with Gasteiger partial charge in [0.2, 0.25) is 5.82 Å². The maximum Gasteiger partial charge on any atom is 0.330 e. The van der Waals surface area contributed by atoms with Crippen LogP contribution >= 0.6 is 11.3 Å². The smallest absolute Gasteiger partial charge is 0.330 e. The summed E-state index contributed by atoms with van der Waals surface area (Å²) in [6.07, 6.45) is -1.06. The van der Waals surface area contributed by atoms with Crippen LogP contribution in [0.15, 0.2) is 41.1 Å². The monoisotopic (exact) mass is 375 g/mol. The minimum Gasteiger partial charge on any atom is -0.451 e. The first kappa shape index (κ1) is 17.7. The molecular formula is C16H14FN5O3S. The molecule has 0 spiro atoms. The lowest BCUT2D eigenvalue weighted by molar-refractivity contribution is -0.154. The van der Waals surface area contributed by atoms with Gasteiger partial charge in [-0.25, -0.2) is 9.18 Å². The van der Waals surface area contributed by atoms with Gasteiger partial charge in [-0.05, 0) is 41.8 Å². The molecule has 3 aromatic rings. The van der Waals surface area contributed by atoms with Gasteiger partial charge in [0.25, 0.3) is 5.91 Å². The van der Waals surface area contributed by atoms with Crippen molar-refractivity contribution in [3.8, 4) is 11.4 Å². The van der Waals surface area contributed by atoms with Gasteiger partial charge in [-0.15, -0.1) is 10.2 Å². The molecule has 2 heterocycles. The van der Waals surface area contributed by atoms with E-state index in [1.807, 2.05) is 16.8 Å². The van der Waals surface area contributed by atoms with Crippen LogP contribution in [-0.4, -0.2) is 38.2 Å². The summed E-state index contributed by atoms with van der Waals surface area (Å²) in [4.78, 5) is 25.0. The van der Waals surface area contributed by atoms with E-state index in [2.05, 4.69) is 20.7 Å². The Bertz CT molecular complexity index is 912. The van der Waals surface area contributed by atoms with Gasteiger partial charge in [-0.1, -0.05) is 6.07 Å². The second-order valence-corrected chi connectivity index (χ2v) is 6.07. The average molecular weight is 375 g/mol. The summed E-state index contributed by atoms with van der Waals surface area (Å²) in [6.45, 7) is 1.13. The topological polar surface area (TPSA) is 99.0 Å². The molecule has 26 heavy (non-hydrogen) atoms. The van der Waals surface area contributed by atoms with E-state index in [0.29, 0.717) is 5.82 Å². The van der Waals surface area contributed by atoms with E-state index >= 15 is 0 Å². The number of carbonyl (C=O) groups excluding carboxylic acids is 2. The highest BCUT2D eigenvalue weighted by Gasteiger charge is 2.19. The molecule has 134 valence electrons. The Balaban J connectivity index is 1.53. The van der Waals surface area contributed by atoms with Gasteiger partial charge in [0, 0.05) is 16.6 Å². The van der Waals surface area contributed by atoms with Crippen molar-refractivity contribution >= 4 is 28.9 Å². The molecule has 0 fully saturated rings. The molecule has 0 aliphatic carbocycles. The van der Waals surface area contributed by atoms with Gasteiger partial charge in [0.1, 0.15) is 5.82 Å². The molecular weight excluding hydrogens is 361 g/mol. The van der Waals surface area contributed by atoms with E-state index in [1.54, 1.807) is 0 Å². The molecule has 0 aliphatic rings. The molecule has 1 amide bonds. The molecule has 0 saturated heterocycles. The van der Waals surface area contributed by atoms with Crippen molar-refractivity contribution in [1.82, 2.24) is 20.2 Å². The summed E-state index contributed by atoms with van der Waals surface area (Å²) in [5.41, 5.74) is 1.08. The molecule has 0 bridgehead atoms. The number of anilines is 1. The van der Waals surface area contributed by atoms with Gasteiger partial charge in [-0.3, -0.25) is 4.79 Å². The molecule has 0 saturated carbocycles. The Morgan fingerprint density at radius 3 is 2.96 bits per heavy atom. The lowest BCUT2D eigenvalue weighted by Crippen LogP contribution is -2.31. The summed E-state index contributed by atoms with van der Waals surface area (Å²) in [5.74, 6) is -1.35. The minimum atomic E-state index is -1.06. The number of hydrogen-bond acceptors (Lipinski definition) is 7. The van der Waals surface area contributed by atoms with Crippen molar-refractivity contribution in [2.45, 2.75) is 19.6 Å². The number of rotatable bonds is 6. The van der Waals surface area contributed by atoms with Crippen LogP contribution in [0.5, 0.6) is 0 Å². The Kier molecular flexibility index (Phi) is 5.32. The molecule has 2 aromatic heterocycles. The first-order valence-corrected chi connectivity index (χ1v) is 8.52. The quantitative estimate of drug-likeness (QED) is 0.663. The van der Waals surface area contributed by atoms with Crippen LogP contribution in [0.2, 0.25) is 0 Å². The molecule has 0 radical (unpaired) electrons. The van der Waals surface area contributed by atoms with Crippen molar-refractivity contribution in [3.05, 3.63) is 46.9 Å². The Morgan fingerprint density at radius 2 is 2.23 bits per heavy atom. The Morgan fingerprint density at radius 1 is 1.38 bits per heavy atom. The first-order valence-electron chi connectivity index (χ1n) is 7.57. The van der Waals surface area contributed by atoms with Crippen molar-refractivity contribution in [2.24, 2.45) is 0 Å². The van der Waals surface area contributed by atoms with Crippen LogP contribution in [0.4, 0.5) is 10.1 Å². The number of halogens is 1. The number of amides is 1. The van der Waals surface area contributed by atoms with Crippen LogP contribution in [0, 0.1) is 5.82 Å². The molecule has 1 N–H and O–H groups in total. The predicted octanol–water partition coefficient (Wildman–Crippen LogP) is 2.11. The zero-order valence-electron chi connectivity index (χ0n) is 13.6. The molecule has 3 rings (SSSR count). The van der Waals surface area contributed by atoms with Crippen LogP contribution in [0.3, 0.4) is 0 Å². The van der Waals surface area contributed by atoms with E-state index in [1.165, 1.54) is 36.5 Å². The largest absolute Gasteiger partial charge is 0.451 e. The van der Waals surface area contributed by atoms with Crippen LogP contribution in [0.25, 0.3) is 11.4 Å². The molecule has 1 aromatic carbocycles. The summed E-state index contributed by atoms with van der Waals surface area (Å²) in [7, 11) is 0. The summed E-state index contributed by atoms with van der Waals surface area (Å²) in [6, 6.07) is 7.25. The van der Waals surface area contributed by atoms with Crippen molar-refractivity contribution in [3.63, 3.8) is 0 Å². The van der Waals surface area contributed by atoms with Gasteiger partial charge in [-0.2, -0.15) is 16.1 Å². The SMILES string of the molecule is C[C@H](OC(=O)Cn1nnc(-c2ccsc2)n1)C(=O)Nc1cccc(F)c1. The normalized spacial score (nSPS) is 11.8. The second-order valence-electron chi connectivity index (χ2n) is 5.29. The fraction of sp³-hybridized carbons (Fsp3) is 0.188. The first-order chi connectivity index (χ1) is 12.5. The minimum absolute atomic E-state index is 0.274. The van der Waals surface area contributed by atoms with E-state index in [9.17, 15) is 14.0 Å². The molecule has 1 atom stereocenters. The van der Waals surface area contributed by atoms with Crippen molar-refractivity contribution in [2.75, 3.05) is 5.32 Å². The number of aromatic nitrogens is 4. The number of benzene rings is 1. The van der Waals surface area contributed by atoms with Crippen LogP contribution < -0.4 is 5.32 Å². The third-order valence-electron chi connectivity index (χ3n) is 3.27. The highest BCUT2D eigenvalue weighted by Crippen LogP contribution is 2.16. The summed E-state index contributed by atoms with van der Waals surface area (Å²) < 4.78 is 18.2. The Hall–Kier alpha value is -3.14. The molecule has 10 heteroatoms. The average Bonchev–Trinajstić information content (AvgIpc) is 3.25. The van der Waals surface area contributed by atoms with Gasteiger partial charge >= 0.3 is 5.97 Å². The van der Waals surface area contributed by atoms with Gasteiger partial charge in [0.15, 0.2) is 12.6 Å². The highest BCUT2D eigenvalue weighted by atomic mass is 32.1. The predicted molar refractivity (Wildman–Crippen MR) is 91.7 cm³/mol. The standard InChI is InChI=1S/C16H14FN5O3S/c1-10(16(24)18-13-4-2-3-12(17)7-13)25-14(23)8-22-20-15(19-21-22)11-5-6-26-9-11/h2-7,9-10H,8H2,1H3,(H,18,24)/t10-/m0/s1. The number of nitrogens with zero attached hydrogens (tertiary/aromatic N) is 4. The highest BCUT2D eigenvalue weighted by molar-refractivity contribution is 7.08. The summed E-state index contributed by atoms with van der Waals surface area (Å²) >= 11 is 1.49. The number of thiophene rings is 1. The number of nitrogens with one attached hydrogen (secondary N) is 1. The van der Waals surface area contributed by atoms with Crippen molar-refractivity contribution in [1.29, 1.82) is 0 Å².